The Hall–Kier alpha value is -1.69. The molecule has 0 aromatic carbocycles. The lowest BCUT2D eigenvalue weighted by molar-refractivity contribution is -0.384. The van der Waals surface area contributed by atoms with Crippen LogP contribution in [0.1, 0.15) is 5.56 Å². The third-order valence-corrected chi connectivity index (χ3v) is 1.64. The molecule has 6 heteroatoms. The monoisotopic (exact) mass is 196 g/mol. The van der Waals surface area contributed by atoms with Crippen LogP contribution in [0.4, 0.5) is 11.5 Å². The Balaban J connectivity index is 2.96. The standard InChI is InChI=1S/C8H12N4O2/c1-6-4-7(12(13)14)8(11-5-6)10-3-2-9/h4-5H,2-3,9H2,1H3,(H,10,11). The minimum absolute atomic E-state index is 0.0153. The summed E-state index contributed by atoms with van der Waals surface area (Å²) in [7, 11) is 0. The van der Waals surface area contributed by atoms with Gasteiger partial charge in [0, 0.05) is 25.4 Å². The predicted octanol–water partition coefficient (Wildman–Crippen LogP) is 0.669. The molecule has 0 spiro atoms. The zero-order valence-corrected chi connectivity index (χ0v) is 7.86. The first-order valence-electron chi connectivity index (χ1n) is 4.20. The number of anilines is 1. The van der Waals surface area contributed by atoms with Gasteiger partial charge in [0.05, 0.1) is 4.92 Å². The lowest BCUT2D eigenvalue weighted by Gasteiger charge is -2.04. The molecule has 1 heterocycles. The van der Waals surface area contributed by atoms with Gasteiger partial charge in [-0.3, -0.25) is 10.1 Å². The third-order valence-electron chi connectivity index (χ3n) is 1.64. The normalized spacial score (nSPS) is 9.86. The van der Waals surface area contributed by atoms with Gasteiger partial charge in [-0.2, -0.15) is 0 Å². The molecule has 0 aliphatic carbocycles. The van der Waals surface area contributed by atoms with E-state index in [1.165, 1.54) is 6.07 Å². The third kappa shape index (κ3) is 2.40. The fourth-order valence-electron chi connectivity index (χ4n) is 1.02. The van der Waals surface area contributed by atoms with Gasteiger partial charge in [-0.05, 0) is 12.5 Å². The van der Waals surface area contributed by atoms with Gasteiger partial charge in [0.2, 0.25) is 5.82 Å². The van der Waals surface area contributed by atoms with E-state index in [0.717, 1.165) is 5.56 Å². The summed E-state index contributed by atoms with van der Waals surface area (Å²) in [5.74, 6) is 0.269. The van der Waals surface area contributed by atoms with Gasteiger partial charge in [-0.25, -0.2) is 4.98 Å². The molecule has 1 aromatic heterocycles. The van der Waals surface area contributed by atoms with Crippen LogP contribution in [0.25, 0.3) is 0 Å². The number of rotatable bonds is 4. The van der Waals surface area contributed by atoms with Crippen molar-refractivity contribution in [2.45, 2.75) is 6.92 Å². The van der Waals surface area contributed by atoms with Crippen molar-refractivity contribution >= 4 is 11.5 Å². The number of aryl methyl sites for hydroxylation is 1. The number of nitrogens with one attached hydrogen (secondary N) is 1. The lowest BCUT2D eigenvalue weighted by atomic mass is 10.3. The fourth-order valence-corrected chi connectivity index (χ4v) is 1.02. The average molecular weight is 196 g/mol. The Morgan fingerprint density at radius 3 is 3.00 bits per heavy atom. The highest BCUT2D eigenvalue weighted by Crippen LogP contribution is 2.21. The summed E-state index contributed by atoms with van der Waals surface area (Å²) in [6.07, 6.45) is 1.58. The molecule has 14 heavy (non-hydrogen) atoms. The molecule has 0 aliphatic heterocycles. The molecule has 0 unspecified atom stereocenters. The van der Waals surface area contributed by atoms with Crippen LogP contribution in [0.3, 0.4) is 0 Å². The molecule has 1 aromatic rings. The summed E-state index contributed by atoms with van der Waals surface area (Å²) < 4.78 is 0. The second-order valence-electron chi connectivity index (χ2n) is 2.85. The van der Waals surface area contributed by atoms with E-state index in [4.69, 9.17) is 5.73 Å². The van der Waals surface area contributed by atoms with Crippen molar-refractivity contribution < 1.29 is 4.92 Å². The SMILES string of the molecule is Cc1cnc(NCCN)c([N+](=O)[O-])c1. The van der Waals surface area contributed by atoms with Gasteiger partial charge in [-0.15, -0.1) is 0 Å². The predicted molar refractivity (Wildman–Crippen MR) is 53.2 cm³/mol. The number of nitro groups is 1. The van der Waals surface area contributed by atoms with E-state index in [-0.39, 0.29) is 11.5 Å². The molecule has 0 saturated heterocycles. The molecule has 0 amide bonds. The number of nitrogens with two attached hydrogens (primary N) is 1. The van der Waals surface area contributed by atoms with Crippen molar-refractivity contribution in [2.75, 3.05) is 18.4 Å². The van der Waals surface area contributed by atoms with E-state index in [1.54, 1.807) is 13.1 Å². The molecule has 0 atom stereocenters. The molecule has 0 aliphatic rings. The van der Waals surface area contributed by atoms with Gasteiger partial charge >= 0.3 is 5.69 Å². The summed E-state index contributed by atoms with van der Waals surface area (Å²) in [5, 5.41) is 13.4. The molecule has 1 rings (SSSR count). The highest BCUT2D eigenvalue weighted by molar-refractivity contribution is 5.56. The van der Waals surface area contributed by atoms with Gasteiger partial charge < -0.3 is 11.1 Å². The topological polar surface area (TPSA) is 94.1 Å². The maximum absolute atomic E-state index is 10.6. The van der Waals surface area contributed by atoms with Crippen molar-refractivity contribution in [3.8, 4) is 0 Å². The van der Waals surface area contributed by atoms with Crippen LogP contribution in [-0.4, -0.2) is 23.0 Å². The van der Waals surface area contributed by atoms with Crippen LogP contribution in [0.15, 0.2) is 12.3 Å². The smallest absolute Gasteiger partial charge is 0.311 e. The van der Waals surface area contributed by atoms with Crippen LogP contribution in [0.2, 0.25) is 0 Å². The van der Waals surface area contributed by atoms with E-state index >= 15 is 0 Å². The Morgan fingerprint density at radius 2 is 2.43 bits per heavy atom. The largest absolute Gasteiger partial charge is 0.363 e. The zero-order valence-electron chi connectivity index (χ0n) is 7.86. The Bertz CT molecular complexity index is 340. The number of nitrogens with zero attached hydrogens (tertiary/aromatic N) is 2. The van der Waals surface area contributed by atoms with E-state index in [0.29, 0.717) is 13.1 Å². The van der Waals surface area contributed by atoms with Crippen LogP contribution in [-0.2, 0) is 0 Å². The molecular formula is C8H12N4O2. The summed E-state index contributed by atoms with van der Waals surface area (Å²) in [5.41, 5.74) is 6.02. The van der Waals surface area contributed by atoms with Crippen LogP contribution in [0.5, 0.6) is 0 Å². The van der Waals surface area contributed by atoms with Crippen LogP contribution >= 0.6 is 0 Å². The van der Waals surface area contributed by atoms with Gasteiger partial charge in [-0.1, -0.05) is 0 Å². The average Bonchev–Trinajstić information content (AvgIpc) is 2.15. The number of hydrogen-bond acceptors (Lipinski definition) is 5. The van der Waals surface area contributed by atoms with E-state index < -0.39 is 4.92 Å². The minimum atomic E-state index is -0.459. The maximum Gasteiger partial charge on any atom is 0.311 e. The summed E-state index contributed by atoms with van der Waals surface area (Å²) in [6, 6.07) is 1.48. The molecule has 76 valence electrons. The Kier molecular flexibility index (Phi) is 3.35. The summed E-state index contributed by atoms with van der Waals surface area (Å²) in [6.45, 7) is 2.64. The van der Waals surface area contributed by atoms with Crippen LogP contribution in [0, 0.1) is 17.0 Å². The summed E-state index contributed by atoms with van der Waals surface area (Å²) in [4.78, 5) is 14.1. The first kappa shape index (κ1) is 10.4. The second kappa shape index (κ2) is 4.52. The van der Waals surface area contributed by atoms with Crippen molar-refractivity contribution in [3.63, 3.8) is 0 Å². The molecule has 0 radical (unpaired) electrons. The molecule has 0 bridgehead atoms. The first-order chi connectivity index (χ1) is 6.65. The van der Waals surface area contributed by atoms with Crippen molar-refractivity contribution in [1.29, 1.82) is 0 Å². The molecule has 0 fully saturated rings. The lowest BCUT2D eigenvalue weighted by Crippen LogP contribution is -2.14. The molecule has 6 nitrogen and oxygen atoms in total. The number of pyridine rings is 1. The number of hydrogen-bond donors (Lipinski definition) is 2. The molecule has 0 saturated carbocycles. The quantitative estimate of drug-likeness (QED) is 0.545. The van der Waals surface area contributed by atoms with Crippen molar-refractivity contribution in [1.82, 2.24) is 4.98 Å². The van der Waals surface area contributed by atoms with Gasteiger partial charge in [0.15, 0.2) is 0 Å². The number of aromatic nitrogens is 1. The Labute approximate surface area is 81.3 Å². The fraction of sp³-hybridized carbons (Fsp3) is 0.375. The second-order valence-corrected chi connectivity index (χ2v) is 2.85. The van der Waals surface area contributed by atoms with E-state index in [1.807, 2.05) is 0 Å². The van der Waals surface area contributed by atoms with Gasteiger partial charge in [0.25, 0.3) is 0 Å². The molecule has 3 N–H and O–H groups in total. The van der Waals surface area contributed by atoms with Crippen molar-refractivity contribution in [3.05, 3.63) is 27.9 Å². The Morgan fingerprint density at radius 1 is 1.71 bits per heavy atom. The maximum atomic E-state index is 10.6. The minimum Gasteiger partial charge on any atom is -0.363 e. The van der Waals surface area contributed by atoms with E-state index in [2.05, 4.69) is 10.3 Å². The molecular weight excluding hydrogens is 184 g/mol. The van der Waals surface area contributed by atoms with Crippen molar-refractivity contribution in [2.24, 2.45) is 5.73 Å². The highest BCUT2D eigenvalue weighted by Gasteiger charge is 2.14. The zero-order chi connectivity index (χ0) is 10.6. The summed E-state index contributed by atoms with van der Waals surface area (Å²) >= 11 is 0. The highest BCUT2D eigenvalue weighted by atomic mass is 16.6. The van der Waals surface area contributed by atoms with E-state index in [9.17, 15) is 10.1 Å². The first-order valence-corrected chi connectivity index (χ1v) is 4.20. The van der Waals surface area contributed by atoms with Crippen LogP contribution < -0.4 is 11.1 Å². The van der Waals surface area contributed by atoms with Gasteiger partial charge in [0.1, 0.15) is 0 Å².